The number of aromatic nitrogens is 2. The molecule has 3 aromatic carbocycles. The van der Waals surface area contributed by atoms with E-state index in [9.17, 15) is 22.4 Å². The van der Waals surface area contributed by atoms with E-state index in [-0.39, 0.29) is 22.5 Å². The maximum Gasteiger partial charge on any atom is 0.420 e. The van der Waals surface area contributed by atoms with Gasteiger partial charge in [0.05, 0.1) is 15.9 Å². The van der Waals surface area contributed by atoms with Crippen molar-refractivity contribution in [2.24, 2.45) is 5.73 Å². The molecule has 0 saturated heterocycles. The molecule has 10 heteroatoms. The van der Waals surface area contributed by atoms with E-state index in [1.165, 1.54) is 30.5 Å². The van der Waals surface area contributed by atoms with E-state index >= 15 is 0 Å². The SMILES string of the molecule is NC(=O)Cn1c(=O)oc2ccc(-c3cn(S(=O)(=O)c4ccccc4)c4cc(F)ccc34)cc21. The number of fused-ring (bicyclic) bond motifs is 2. The number of primary amides is 1. The fourth-order valence-corrected chi connectivity index (χ4v) is 5.22. The Labute approximate surface area is 186 Å². The van der Waals surface area contributed by atoms with E-state index in [2.05, 4.69) is 0 Å². The van der Waals surface area contributed by atoms with Gasteiger partial charge in [0.1, 0.15) is 12.4 Å². The van der Waals surface area contributed by atoms with Gasteiger partial charge in [0, 0.05) is 17.1 Å². The van der Waals surface area contributed by atoms with Gasteiger partial charge in [-0.15, -0.1) is 0 Å². The molecule has 0 spiro atoms. The monoisotopic (exact) mass is 465 g/mol. The third kappa shape index (κ3) is 3.40. The first kappa shape index (κ1) is 20.7. The molecule has 0 unspecified atom stereocenters. The Kier molecular flexibility index (Phi) is 4.68. The number of carbonyl (C=O) groups is 1. The van der Waals surface area contributed by atoms with Crippen LogP contribution in [0.25, 0.3) is 33.1 Å². The van der Waals surface area contributed by atoms with Crippen LogP contribution in [0.15, 0.2) is 87.0 Å². The van der Waals surface area contributed by atoms with Crippen molar-refractivity contribution in [1.29, 1.82) is 0 Å². The fourth-order valence-electron chi connectivity index (χ4n) is 3.84. The van der Waals surface area contributed by atoms with Gasteiger partial charge in [0.2, 0.25) is 5.91 Å². The summed E-state index contributed by atoms with van der Waals surface area (Å²) in [6, 6.07) is 16.5. The van der Waals surface area contributed by atoms with E-state index in [1.807, 2.05) is 0 Å². The molecule has 33 heavy (non-hydrogen) atoms. The predicted octanol–water partition coefficient (Wildman–Crippen LogP) is 3.08. The average molecular weight is 465 g/mol. The molecule has 5 rings (SSSR count). The maximum atomic E-state index is 14.1. The lowest BCUT2D eigenvalue weighted by atomic mass is 10.0. The van der Waals surface area contributed by atoms with Gasteiger partial charge in [-0.1, -0.05) is 24.3 Å². The van der Waals surface area contributed by atoms with Crippen molar-refractivity contribution in [2.45, 2.75) is 11.4 Å². The van der Waals surface area contributed by atoms with Crippen LogP contribution >= 0.6 is 0 Å². The molecule has 1 amide bonds. The quantitative estimate of drug-likeness (QED) is 0.428. The van der Waals surface area contributed by atoms with E-state index in [0.717, 1.165) is 14.6 Å². The number of carbonyl (C=O) groups excluding carboxylic acids is 1. The maximum absolute atomic E-state index is 14.1. The average Bonchev–Trinajstić information content (AvgIpc) is 3.31. The van der Waals surface area contributed by atoms with Gasteiger partial charge in [-0.2, -0.15) is 0 Å². The summed E-state index contributed by atoms with van der Waals surface area (Å²) in [6.07, 6.45) is 1.41. The van der Waals surface area contributed by atoms with Gasteiger partial charge in [-0.05, 0) is 48.0 Å². The summed E-state index contributed by atoms with van der Waals surface area (Å²) < 4.78 is 48.0. The Morgan fingerprint density at radius 3 is 2.48 bits per heavy atom. The molecule has 8 nitrogen and oxygen atoms in total. The van der Waals surface area contributed by atoms with Gasteiger partial charge in [0.25, 0.3) is 10.0 Å². The molecule has 2 aromatic heterocycles. The highest BCUT2D eigenvalue weighted by Gasteiger charge is 2.23. The zero-order chi connectivity index (χ0) is 23.3. The van der Waals surface area contributed by atoms with Gasteiger partial charge in [-0.3, -0.25) is 9.36 Å². The molecule has 2 N–H and O–H groups in total. The highest BCUT2D eigenvalue weighted by Crippen LogP contribution is 2.34. The Hall–Kier alpha value is -4.18. The minimum Gasteiger partial charge on any atom is -0.408 e. The van der Waals surface area contributed by atoms with Crippen molar-refractivity contribution in [3.63, 3.8) is 0 Å². The summed E-state index contributed by atoms with van der Waals surface area (Å²) in [5.41, 5.74) is 7.01. The number of nitrogens with two attached hydrogens (primary N) is 1. The first-order valence-corrected chi connectivity index (χ1v) is 11.2. The lowest BCUT2D eigenvalue weighted by molar-refractivity contribution is -0.118. The van der Waals surface area contributed by atoms with Crippen LogP contribution in [0, 0.1) is 5.82 Å². The Bertz CT molecular complexity index is 1720. The number of nitrogens with zero attached hydrogens (tertiary/aromatic N) is 2. The van der Waals surface area contributed by atoms with E-state index in [4.69, 9.17) is 10.2 Å². The highest BCUT2D eigenvalue weighted by molar-refractivity contribution is 7.90. The molecule has 0 radical (unpaired) electrons. The molecule has 0 aliphatic carbocycles. The largest absolute Gasteiger partial charge is 0.420 e. The standard InChI is InChI=1S/C23H16FN3O5S/c24-15-7-8-17-18(12-27(19(17)11-15)33(30,31)16-4-2-1-3-5-16)14-6-9-21-20(10-14)26(13-22(25)28)23(29)32-21/h1-12H,13H2,(H2,25,28). The fraction of sp³-hybridized carbons (Fsp3) is 0.0435. The second kappa shape index (κ2) is 7.45. The zero-order valence-corrected chi connectivity index (χ0v) is 17.8. The molecule has 0 aliphatic heterocycles. The number of hydrogen-bond donors (Lipinski definition) is 1. The smallest absolute Gasteiger partial charge is 0.408 e. The first-order chi connectivity index (χ1) is 15.8. The number of oxazole rings is 1. The molecular weight excluding hydrogens is 449 g/mol. The zero-order valence-electron chi connectivity index (χ0n) is 16.9. The third-order valence-corrected chi connectivity index (χ3v) is 7.01. The van der Waals surface area contributed by atoms with Crippen LogP contribution in [0.3, 0.4) is 0 Å². The third-order valence-electron chi connectivity index (χ3n) is 5.33. The number of benzene rings is 3. The van der Waals surface area contributed by atoms with Crippen molar-refractivity contribution in [3.05, 3.63) is 89.3 Å². The summed E-state index contributed by atoms with van der Waals surface area (Å²) >= 11 is 0. The van der Waals surface area contributed by atoms with Crippen LogP contribution in [0.2, 0.25) is 0 Å². The van der Waals surface area contributed by atoms with Crippen molar-refractivity contribution >= 4 is 37.9 Å². The van der Waals surface area contributed by atoms with Crippen molar-refractivity contribution in [1.82, 2.24) is 8.54 Å². The highest BCUT2D eigenvalue weighted by atomic mass is 32.2. The normalized spacial score (nSPS) is 11.9. The van der Waals surface area contributed by atoms with Crippen LogP contribution in [0.5, 0.6) is 0 Å². The minimum atomic E-state index is -4.02. The second-order valence-corrected chi connectivity index (χ2v) is 9.24. The molecular formula is C23H16FN3O5S. The summed E-state index contributed by atoms with van der Waals surface area (Å²) in [4.78, 5) is 23.6. The van der Waals surface area contributed by atoms with Crippen LogP contribution in [-0.2, 0) is 21.4 Å². The number of halogens is 1. The van der Waals surface area contributed by atoms with Crippen molar-refractivity contribution in [3.8, 4) is 11.1 Å². The summed E-state index contributed by atoms with van der Waals surface area (Å²) in [5.74, 6) is -2.04. The van der Waals surface area contributed by atoms with Gasteiger partial charge in [-0.25, -0.2) is 21.6 Å². The van der Waals surface area contributed by atoms with Crippen LogP contribution < -0.4 is 11.5 Å². The lowest BCUT2D eigenvalue weighted by Crippen LogP contribution is -2.24. The predicted molar refractivity (Wildman–Crippen MR) is 120 cm³/mol. The molecule has 166 valence electrons. The molecule has 0 saturated carbocycles. The topological polar surface area (TPSA) is 117 Å². The van der Waals surface area contributed by atoms with Crippen molar-refractivity contribution in [2.75, 3.05) is 0 Å². The Morgan fingerprint density at radius 2 is 1.76 bits per heavy atom. The van der Waals surface area contributed by atoms with Gasteiger partial charge >= 0.3 is 5.76 Å². The number of amides is 1. The lowest BCUT2D eigenvalue weighted by Gasteiger charge is -2.07. The summed E-state index contributed by atoms with van der Waals surface area (Å²) in [6.45, 7) is -0.370. The molecule has 2 heterocycles. The molecule has 0 fully saturated rings. The van der Waals surface area contributed by atoms with E-state index < -0.39 is 27.5 Å². The first-order valence-electron chi connectivity index (χ1n) is 9.79. The number of hydrogen-bond acceptors (Lipinski definition) is 5. The minimum absolute atomic E-state index is 0.0540. The van der Waals surface area contributed by atoms with Gasteiger partial charge in [0.15, 0.2) is 5.58 Å². The molecule has 0 bridgehead atoms. The Morgan fingerprint density at radius 1 is 1.00 bits per heavy atom. The summed E-state index contributed by atoms with van der Waals surface area (Å²) in [7, 11) is -4.02. The van der Waals surface area contributed by atoms with Crippen molar-refractivity contribution < 1.29 is 22.0 Å². The molecule has 0 atom stereocenters. The van der Waals surface area contributed by atoms with Crippen LogP contribution in [0.4, 0.5) is 4.39 Å². The number of rotatable bonds is 5. The van der Waals surface area contributed by atoms with E-state index in [1.54, 1.807) is 36.4 Å². The Balaban J connectivity index is 1.77. The van der Waals surface area contributed by atoms with E-state index in [0.29, 0.717) is 22.0 Å². The molecule has 0 aliphatic rings. The summed E-state index contributed by atoms with van der Waals surface area (Å²) in [5, 5.41) is 0.488. The van der Waals surface area contributed by atoms with Gasteiger partial charge < -0.3 is 10.2 Å². The van der Waals surface area contributed by atoms with Crippen LogP contribution in [0.1, 0.15) is 0 Å². The second-order valence-electron chi connectivity index (χ2n) is 7.42. The molecule has 5 aromatic rings. The van der Waals surface area contributed by atoms with Crippen LogP contribution in [-0.4, -0.2) is 22.9 Å².